The van der Waals surface area contributed by atoms with Crippen LogP contribution in [0.1, 0.15) is 13.3 Å². The highest BCUT2D eigenvalue weighted by atomic mass is 35.5. The van der Waals surface area contributed by atoms with Crippen LogP contribution < -0.4 is 5.32 Å². The van der Waals surface area contributed by atoms with Gasteiger partial charge in [0.25, 0.3) is 0 Å². The van der Waals surface area contributed by atoms with Crippen LogP contribution in [0.3, 0.4) is 0 Å². The van der Waals surface area contributed by atoms with E-state index < -0.39 is 0 Å². The minimum absolute atomic E-state index is 0.105. The Balaban J connectivity index is 2.16. The first kappa shape index (κ1) is 13.5. The van der Waals surface area contributed by atoms with Crippen LogP contribution in [-0.2, 0) is 9.53 Å². The SMILES string of the molecule is CC1OCCC1C(=O)Nc1cc(Cl)cc(Cl)c1O. The number of nitrogens with one attached hydrogen (secondary N) is 1. The normalized spacial score (nSPS) is 23.1. The summed E-state index contributed by atoms with van der Waals surface area (Å²) < 4.78 is 5.33. The van der Waals surface area contributed by atoms with Gasteiger partial charge in [-0.25, -0.2) is 0 Å². The molecule has 1 fully saturated rings. The monoisotopic (exact) mass is 289 g/mol. The molecule has 98 valence electrons. The molecule has 0 aromatic heterocycles. The van der Waals surface area contributed by atoms with E-state index in [2.05, 4.69) is 5.32 Å². The second-order valence-electron chi connectivity index (χ2n) is 4.24. The van der Waals surface area contributed by atoms with Crippen molar-refractivity contribution in [1.29, 1.82) is 0 Å². The number of carbonyl (C=O) groups is 1. The lowest BCUT2D eigenvalue weighted by atomic mass is 10.0. The summed E-state index contributed by atoms with van der Waals surface area (Å²) in [5.74, 6) is -0.600. The predicted octanol–water partition coefficient (Wildman–Crippen LogP) is 3.06. The maximum atomic E-state index is 12.0. The number of anilines is 1. The van der Waals surface area contributed by atoms with E-state index in [0.717, 1.165) is 0 Å². The molecule has 18 heavy (non-hydrogen) atoms. The molecule has 1 saturated heterocycles. The number of phenolic OH excluding ortho intramolecular Hbond substituents is 1. The van der Waals surface area contributed by atoms with Gasteiger partial charge in [0, 0.05) is 11.6 Å². The molecular weight excluding hydrogens is 277 g/mol. The van der Waals surface area contributed by atoms with Gasteiger partial charge < -0.3 is 15.2 Å². The number of hydrogen-bond donors (Lipinski definition) is 2. The van der Waals surface area contributed by atoms with Gasteiger partial charge in [-0.15, -0.1) is 0 Å². The zero-order valence-electron chi connectivity index (χ0n) is 9.74. The zero-order valence-corrected chi connectivity index (χ0v) is 11.3. The molecule has 2 N–H and O–H groups in total. The van der Waals surface area contributed by atoms with Crippen LogP contribution in [0.2, 0.25) is 10.0 Å². The molecule has 0 spiro atoms. The zero-order chi connectivity index (χ0) is 13.3. The number of phenols is 1. The third-order valence-electron chi connectivity index (χ3n) is 3.00. The number of benzene rings is 1. The van der Waals surface area contributed by atoms with Gasteiger partial charge in [-0.3, -0.25) is 4.79 Å². The standard InChI is InChI=1S/C12H13Cl2NO3/c1-6-8(2-3-18-6)12(17)15-10-5-7(13)4-9(14)11(10)16/h4-6,8,16H,2-3H2,1H3,(H,15,17). The molecule has 6 heteroatoms. The number of halogens is 2. The van der Waals surface area contributed by atoms with E-state index >= 15 is 0 Å². The summed E-state index contributed by atoms with van der Waals surface area (Å²) in [5.41, 5.74) is 0.219. The van der Waals surface area contributed by atoms with Crippen molar-refractivity contribution in [3.63, 3.8) is 0 Å². The van der Waals surface area contributed by atoms with Gasteiger partial charge in [0.05, 0.1) is 22.7 Å². The number of rotatable bonds is 2. The summed E-state index contributed by atoms with van der Waals surface area (Å²) >= 11 is 11.6. The highest BCUT2D eigenvalue weighted by Gasteiger charge is 2.31. The molecule has 2 unspecified atom stereocenters. The molecule has 1 aliphatic heterocycles. The van der Waals surface area contributed by atoms with E-state index in [1.807, 2.05) is 6.92 Å². The molecule has 0 bridgehead atoms. The Morgan fingerprint density at radius 2 is 2.22 bits per heavy atom. The van der Waals surface area contributed by atoms with Crippen molar-refractivity contribution in [2.24, 2.45) is 5.92 Å². The summed E-state index contributed by atoms with van der Waals surface area (Å²) in [6.07, 6.45) is 0.545. The lowest BCUT2D eigenvalue weighted by Crippen LogP contribution is -2.27. The Morgan fingerprint density at radius 3 is 2.83 bits per heavy atom. The average Bonchev–Trinajstić information content (AvgIpc) is 2.71. The third kappa shape index (κ3) is 2.71. The molecule has 0 aliphatic carbocycles. The van der Waals surface area contributed by atoms with Crippen molar-refractivity contribution in [3.8, 4) is 5.75 Å². The number of amides is 1. The number of carbonyl (C=O) groups excluding carboxylic acids is 1. The summed E-state index contributed by atoms with van der Waals surface area (Å²) in [7, 11) is 0. The van der Waals surface area contributed by atoms with Crippen molar-refractivity contribution in [1.82, 2.24) is 0 Å². The van der Waals surface area contributed by atoms with Gasteiger partial charge in [-0.05, 0) is 25.5 Å². The molecule has 0 saturated carbocycles. The highest BCUT2D eigenvalue weighted by Crippen LogP contribution is 2.35. The Kier molecular flexibility index (Phi) is 4.00. The first-order valence-corrected chi connectivity index (χ1v) is 6.35. The Labute approximate surface area is 115 Å². The second-order valence-corrected chi connectivity index (χ2v) is 5.09. The van der Waals surface area contributed by atoms with E-state index in [4.69, 9.17) is 27.9 Å². The van der Waals surface area contributed by atoms with Crippen LogP contribution in [0.4, 0.5) is 5.69 Å². The van der Waals surface area contributed by atoms with Crippen molar-refractivity contribution in [2.75, 3.05) is 11.9 Å². The predicted molar refractivity (Wildman–Crippen MR) is 70.3 cm³/mol. The largest absolute Gasteiger partial charge is 0.504 e. The minimum atomic E-state index is -0.220. The molecule has 2 rings (SSSR count). The van der Waals surface area contributed by atoms with Crippen molar-refractivity contribution < 1.29 is 14.6 Å². The van der Waals surface area contributed by atoms with Gasteiger partial charge in [-0.2, -0.15) is 0 Å². The first-order chi connectivity index (χ1) is 8.49. The van der Waals surface area contributed by atoms with Crippen molar-refractivity contribution in [2.45, 2.75) is 19.4 Å². The van der Waals surface area contributed by atoms with E-state index in [0.29, 0.717) is 18.1 Å². The molecule has 1 aliphatic rings. The van der Waals surface area contributed by atoms with Crippen LogP contribution in [-0.4, -0.2) is 23.7 Å². The first-order valence-electron chi connectivity index (χ1n) is 5.59. The lowest BCUT2D eigenvalue weighted by Gasteiger charge is -2.15. The third-order valence-corrected chi connectivity index (χ3v) is 3.51. The molecule has 2 atom stereocenters. The number of hydrogen-bond acceptors (Lipinski definition) is 3. The van der Waals surface area contributed by atoms with Gasteiger partial charge in [-0.1, -0.05) is 23.2 Å². The molecule has 0 radical (unpaired) electrons. The number of aromatic hydroxyl groups is 1. The van der Waals surface area contributed by atoms with Crippen molar-refractivity contribution in [3.05, 3.63) is 22.2 Å². The fourth-order valence-corrected chi connectivity index (χ4v) is 2.46. The maximum absolute atomic E-state index is 12.0. The van der Waals surface area contributed by atoms with E-state index in [1.165, 1.54) is 12.1 Å². The van der Waals surface area contributed by atoms with Crippen molar-refractivity contribution >= 4 is 34.8 Å². The topological polar surface area (TPSA) is 58.6 Å². The molecule has 1 amide bonds. The van der Waals surface area contributed by atoms with Gasteiger partial charge in [0.1, 0.15) is 0 Å². The maximum Gasteiger partial charge on any atom is 0.230 e. The molecule has 1 aromatic rings. The summed E-state index contributed by atoms with van der Waals surface area (Å²) in [6, 6.07) is 2.87. The van der Waals surface area contributed by atoms with E-state index in [1.54, 1.807) is 0 Å². The molecule has 1 aromatic carbocycles. The Hall–Kier alpha value is -0.970. The fraction of sp³-hybridized carbons (Fsp3) is 0.417. The summed E-state index contributed by atoms with van der Waals surface area (Å²) in [6.45, 7) is 2.42. The van der Waals surface area contributed by atoms with Crippen LogP contribution in [0, 0.1) is 5.92 Å². The quantitative estimate of drug-likeness (QED) is 0.823. The Morgan fingerprint density at radius 1 is 1.50 bits per heavy atom. The van der Waals surface area contributed by atoms with E-state index in [-0.39, 0.29) is 34.4 Å². The molecule has 1 heterocycles. The summed E-state index contributed by atoms with van der Waals surface area (Å²) in [5, 5.41) is 12.8. The van der Waals surface area contributed by atoms with Gasteiger partial charge in [0.2, 0.25) is 5.91 Å². The fourth-order valence-electron chi connectivity index (χ4n) is 1.96. The van der Waals surface area contributed by atoms with Crippen LogP contribution in [0.15, 0.2) is 12.1 Å². The highest BCUT2D eigenvalue weighted by molar-refractivity contribution is 6.36. The molecule has 4 nitrogen and oxygen atoms in total. The smallest absolute Gasteiger partial charge is 0.230 e. The Bertz CT molecular complexity index is 479. The molecular formula is C12H13Cl2NO3. The minimum Gasteiger partial charge on any atom is -0.504 e. The van der Waals surface area contributed by atoms with Crippen LogP contribution in [0.25, 0.3) is 0 Å². The van der Waals surface area contributed by atoms with Gasteiger partial charge in [0.15, 0.2) is 5.75 Å². The number of ether oxygens (including phenoxy) is 1. The average molecular weight is 290 g/mol. The summed E-state index contributed by atoms with van der Waals surface area (Å²) in [4.78, 5) is 12.0. The lowest BCUT2D eigenvalue weighted by molar-refractivity contribution is -0.121. The second kappa shape index (κ2) is 5.34. The van der Waals surface area contributed by atoms with E-state index in [9.17, 15) is 9.90 Å². The van der Waals surface area contributed by atoms with Crippen LogP contribution in [0.5, 0.6) is 5.75 Å². The van der Waals surface area contributed by atoms with Gasteiger partial charge >= 0.3 is 0 Å². The van der Waals surface area contributed by atoms with Crippen LogP contribution >= 0.6 is 23.2 Å².